The average Bonchev–Trinajstić information content (AvgIpc) is 2.76. The summed E-state index contributed by atoms with van der Waals surface area (Å²) in [5.41, 5.74) is 3.63. The van der Waals surface area contributed by atoms with E-state index in [0.717, 1.165) is 24.2 Å². The van der Waals surface area contributed by atoms with Crippen molar-refractivity contribution in [1.29, 1.82) is 0 Å². The van der Waals surface area contributed by atoms with Crippen LogP contribution < -0.4 is 5.32 Å². The summed E-state index contributed by atoms with van der Waals surface area (Å²) in [5.74, 6) is 1.17. The first-order valence-corrected chi connectivity index (χ1v) is 7.22. The molecular formula is C16H22N4. The zero-order valence-corrected chi connectivity index (χ0v) is 12.6. The number of fused-ring (bicyclic) bond motifs is 1. The molecule has 0 fully saturated rings. The molecule has 0 amide bonds. The van der Waals surface area contributed by atoms with E-state index < -0.39 is 0 Å². The van der Waals surface area contributed by atoms with Crippen molar-refractivity contribution >= 4 is 5.82 Å². The molecule has 0 bridgehead atoms. The number of rotatable bonds is 1. The molecule has 0 radical (unpaired) electrons. The largest absolute Gasteiger partial charge is 0.370 e. The lowest BCUT2D eigenvalue weighted by Crippen LogP contribution is -2.32. The summed E-state index contributed by atoms with van der Waals surface area (Å²) in [4.78, 5) is 4.09. The SMILES string of the molecule is Cc1c(-c2ccncc2)nn2c1NCCC2C(C)(C)C. The number of nitrogens with zero attached hydrogens (tertiary/aromatic N) is 3. The van der Waals surface area contributed by atoms with E-state index in [1.165, 1.54) is 11.4 Å². The van der Waals surface area contributed by atoms with Crippen LogP contribution in [0.3, 0.4) is 0 Å². The Labute approximate surface area is 120 Å². The van der Waals surface area contributed by atoms with Crippen LogP contribution >= 0.6 is 0 Å². The monoisotopic (exact) mass is 270 g/mol. The van der Waals surface area contributed by atoms with E-state index in [4.69, 9.17) is 5.10 Å². The minimum atomic E-state index is 0.213. The highest BCUT2D eigenvalue weighted by Gasteiger charge is 2.33. The van der Waals surface area contributed by atoms with Gasteiger partial charge in [0.1, 0.15) is 5.82 Å². The molecule has 2 aromatic heterocycles. The molecule has 1 unspecified atom stereocenters. The number of pyridine rings is 1. The minimum absolute atomic E-state index is 0.213. The van der Waals surface area contributed by atoms with Gasteiger partial charge in [-0.05, 0) is 30.9 Å². The van der Waals surface area contributed by atoms with Crippen molar-refractivity contribution in [1.82, 2.24) is 14.8 Å². The van der Waals surface area contributed by atoms with Crippen LogP contribution in [0, 0.1) is 12.3 Å². The van der Waals surface area contributed by atoms with Gasteiger partial charge in [0.25, 0.3) is 0 Å². The molecule has 4 nitrogen and oxygen atoms in total. The van der Waals surface area contributed by atoms with Crippen molar-refractivity contribution in [3.05, 3.63) is 30.1 Å². The summed E-state index contributed by atoms with van der Waals surface area (Å²) in [6.45, 7) is 10.0. The maximum atomic E-state index is 4.89. The first-order valence-electron chi connectivity index (χ1n) is 7.22. The second kappa shape index (κ2) is 4.62. The van der Waals surface area contributed by atoms with Crippen molar-refractivity contribution in [3.63, 3.8) is 0 Å². The Kier molecular flexibility index (Phi) is 3.04. The van der Waals surface area contributed by atoms with E-state index >= 15 is 0 Å². The molecule has 106 valence electrons. The van der Waals surface area contributed by atoms with Gasteiger partial charge >= 0.3 is 0 Å². The van der Waals surface area contributed by atoms with Gasteiger partial charge in [-0.3, -0.25) is 4.98 Å². The molecule has 3 rings (SSSR count). The van der Waals surface area contributed by atoms with Gasteiger partial charge in [-0.15, -0.1) is 0 Å². The summed E-state index contributed by atoms with van der Waals surface area (Å²) >= 11 is 0. The topological polar surface area (TPSA) is 42.7 Å². The van der Waals surface area contributed by atoms with Crippen LogP contribution in [0.1, 0.15) is 38.8 Å². The Morgan fingerprint density at radius 3 is 2.60 bits per heavy atom. The molecule has 1 aliphatic heterocycles. The van der Waals surface area contributed by atoms with Gasteiger partial charge in [-0.1, -0.05) is 20.8 Å². The second-order valence-corrected chi connectivity index (χ2v) is 6.60. The fourth-order valence-corrected chi connectivity index (χ4v) is 2.99. The lowest BCUT2D eigenvalue weighted by molar-refractivity contribution is 0.210. The van der Waals surface area contributed by atoms with Crippen molar-refractivity contribution < 1.29 is 0 Å². The van der Waals surface area contributed by atoms with E-state index in [0.29, 0.717) is 6.04 Å². The molecule has 2 aromatic rings. The van der Waals surface area contributed by atoms with Gasteiger partial charge in [0.2, 0.25) is 0 Å². The molecule has 20 heavy (non-hydrogen) atoms. The lowest BCUT2D eigenvalue weighted by Gasteiger charge is -2.35. The molecule has 0 aromatic carbocycles. The summed E-state index contributed by atoms with van der Waals surface area (Å²) in [7, 11) is 0. The predicted molar refractivity (Wildman–Crippen MR) is 81.8 cm³/mol. The van der Waals surface area contributed by atoms with Crippen LogP contribution in [0.2, 0.25) is 0 Å². The number of hydrogen-bond donors (Lipinski definition) is 1. The zero-order valence-electron chi connectivity index (χ0n) is 12.6. The van der Waals surface area contributed by atoms with Crippen molar-refractivity contribution in [3.8, 4) is 11.3 Å². The summed E-state index contributed by atoms with van der Waals surface area (Å²) in [6.07, 6.45) is 4.76. The fraction of sp³-hybridized carbons (Fsp3) is 0.500. The second-order valence-electron chi connectivity index (χ2n) is 6.60. The number of anilines is 1. The lowest BCUT2D eigenvalue weighted by atomic mass is 9.84. The van der Waals surface area contributed by atoms with Crippen molar-refractivity contribution in [2.24, 2.45) is 5.41 Å². The highest BCUT2D eigenvalue weighted by atomic mass is 15.4. The molecule has 1 N–H and O–H groups in total. The van der Waals surface area contributed by atoms with E-state index in [1.807, 2.05) is 24.5 Å². The van der Waals surface area contributed by atoms with Gasteiger partial charge in [-0.25, -0.2) is 4.68 Å². The molecular weight excluding hydrogens is 248 g/mol. The van der Waals surface area contributed by atoms with E-state index in [1.54, 1.807) is 0 Å². The van der Waals surface area contributed by atoms with Crippen molar-refractivity contribution in [2.75, 3.05) is 11.9 Å². The molecule has 0 aliphatic carbocycles. The van der Waals surface area contributed by atoms with Crippen LogP contribution in [0.25, 0.3) is 11.3 Å². The van der Waals surface area contributed by atoms with Gasteiger partial charge in [0.15, 0.2) is 0 Å². The molecule has 1 atom stereocenters. The summed E-state index contributed by atoms with van der Waals surface area (Å²) in [5, 5.41) is 8.40. The zero-order chi connectivity index (χ0) is 14.3. The third-order valence-corrected chi connectivity index (χ3v) is 4.11. The Morgan fingerprint density at radius 2 is 1.95 bits per heavy atom. The Balaban J connectivity index is 2.12. The predicted octanol–water partition coefficient (Wildman–Crippen LogP) is 3.66. The van der Waals surface area contributed by atoms with Gasteiger partial charge in [0.05, 0.1) is 11.7 Å². The third kappa shape index (κ3) is 2.09. The van der Waals surface area contributed by atoms with Gasteiger partial charge in [0, 0.05) is 30.1 Å². The normalized spacial score (nSPS) is 18.5. The Morgan fingerprint density at radius 1 is 1.25 bits per heavy atom. The molecule has 1 aliphatic rings. The number of nitrogens with one attached hydrogen (secondary N) is 1. The fourth-order valence-electron chi connectivity index (χ4n) is 2.99. The number of aromatic nitrogens is 3. The van der Waals surface area contributed by atoms with Crippen LogP contribution in [-0.4, -0.2) is 21.3 Å². The maximum absolute atomic E-state index is 4.89. The van der Waals surface area contributed by atoms with Crippen LogP contribution in [-0.2, 0) is 0 Å². The van der Waals surface area contributed by atoms with Gasteiger partial charge in [-0.2, -0.15) is 5.10 Å². The smallest absolute Gasteiger partial charge is 0.128 e. The molecule has 0 saturated heterocycles. The van der Waals surface area contributed by atoms with Gasteiger partial charge < -0.3 is 5.32 Å². The highest BCUT2D eigenvalue weighted by molar-refractivity contribution is 5.69. The quantitative estimate of drug-likeness (QED) is 0.860. The Bertz CT molecular complexity index is 607. The number of hydrogen-bond acceptors (Lipinski definition) is 3. The van der Waals surface area contributed by atoms with Crippen molar-refractivity contribution in [2.45, 2.75) is 40.2 Å². The third-order valence-electron chi connectivity index (χ3n) is 4.11. The molecule has 0 spiro atoms. The maximum Gasteiger partial charge on any atom is 0.128 e. The van der Waals surface area contributed by atoms with E-state index in [9.17, 15) is 0 Å². The standard InChI is InChI=1S/C16H22N4/c1-11-14(12-5-8-17-9-6-12)19-20-13(16(2,3)4)7-10-18-15(11)20/h5-6,8-9,13,18H,7,10H2,1-4H3. The average molecular weight is 270 g/mol. The Hall–Kier alpha value is -1.84. The van der Waals surface area contributed by atoms with E-state index in [-0.39, 0.29) is 5.41 Å². The van der Waals surface area contributed by atoms with Crippen LogP contribution in [0.4, 0.5) is 5.82 Å². The first kappa shape index (κ1) is 13.2. The first-order chi connectivity index (χ1) is 9.48. The molecule has 3 heterocycles. The molecule has 4 heteroatoms. The van der Waals surface area contributed by atoms with Crippen LogP contribution in [0.5, 0.6) is 0 Å². The van der Waals surface area contributed by atoms with Crippen LogP contribution in [0.15, 0.2) is 24.5 Å². The minimum Gasteiger partial charge on any atom is -0.370 e. The summed E-state index contributed by atoms with van der Waals surface area (Å²) < 4.78 is 2.19. The highest BCUT2D eigenvalue weighted by Crippen LogP contribution is 2.40. The summed E-state index contributed by atoms with van der Waals surface area (Å²) in [6, 6.07) is 4.48. The van der Waals surface area contributed by atoms with E-state index in [2.05, 4.69) is 42.7 Å². The molecule has 0 saturated carbocycles.